The molecule has 0 aliphatic carbocycles. The van der Waals surface area contributed by atoms with Crippen molar-refractivity contribution >= 4 is 37.7 Å². The van der Waals surface area contributed by atoms with Gasteiger partial charge in [-0.15, -0.1) is 0 Å². The molecule has 0 atom stereocenters. The van der Waals surface area contributed by atoms with Crippen molar-refractivity contribution in [1.82, 2.24) is 4.57 Å². The van der Waals surface area contributed by atoms with Crippen molar-refractivity contribution < 1.29 is 0 Å². The summed E-state index contributed by atoms with van der Waals surface area (Å²) in [5.41, 5.74) is 8.50. The summed E-state index contributed by atoms with van der Waals surface area (Å²) in [5.74, 6) is 0. The highest BCUT2D eigenvalue weighted by Crippen LogP contribution is 2.37. The molecule has 1 aromatic heterocycles. The molecular formula is C30H20BrN. The van der Waals surface area contributed by atoms with Gasteiger partial charge >= 0.3 is 0 Å². The number of rotatable bonds is 3. The van der Waals surface area contributed by atoms with Crippen molar-refractivity contribution in [2.45, 2.75) is 0 Å². The molecule has 0 saturated carbocycles. The molecule has 6 aromatic rings. The van der Waals surface area contributed by atoms with E-state index in [9.17, 15) is 0 Å². The predicted molar refractivity (Wildman–Crippen MR) is 139 cm³/mol. The third kappa shape index (κ3) is 3.16. The van der Waals surface area contributed by atoms with Crippen LogP contribution < -0.4 is 0 Å². The number of hydrogen-bond acceptors (Lipinski definition) is 0. The zero-order valence-electron chi connectivity index (χ0n) is 17.4. The summed E-state index contributed by atoms with van der Waals surface area (Å²) < 4.78 is 3.46. The highest BCUT2D eigenvalue weighted by atomic mass is 79.9. The SMILES string of the molecule is Brc1ccc(-c2ccc(-n3c4ccccc4c4ccccc43)cc2-c2ccccc2)cc1. The second kappa shape index (κ2) is 7.81. The van der Waals surface area contributed by atoms with Crippen LogP contribution in [0.3, 0.4) is 0 Å². The van der Waals surface area contributed by atoms with Crippen LogP contribution >= 0.6 is 15.9 Å². The summed E-state index contributed by atoms with van der Waals surface area (Å²) in [4.78, 5) is 0. The van der Waals surface area contributed by atoms with Crippen molar-refractivity contribution in [2.75, 3.05) is 0 Å². The number of nitrogens with zero attached hydrogens (tertiary/aromatic N) is 1. The van der Waals surface area contributed by atoms with E-state index >= 15 is 0 Å². The van der Waals surface area contributed by atoms with Crippen LogP contribution in [0.15, 0.2) is 126 Å². The second-order valence-electron chi connectivity index (χ2n) is 7.97. The molecule has 0 N–H and O–H groups in total. The smallest absolute Gasteiger partial charge is 0.0541 e. The quantitative estimate of drug-likeness (QED) is 0.241. The molecule has 1 nitrogen and oxygen atoms in total. The summed E-state index contributed by atoms with van der Waals surface area (Å²) in [5, 5.41) is 2.56. The zero-order chi connectivity index (χ0) is 21.5. The average molecular weight is 474 g/mol. The van der Waals surface area contributed by atoms with E-state index in [1.165, 1.54) is 49.7 Å². The summed E-state index contributed by atoms with van der Waals surface area (Å²) >= 11 is 3.56. The number of para-hydroxylation sites is 2. The van der Waals surface area contributed by atoms with Gasteiger partial charge in [-0.2, -0.15) is 0 Å². The topological polar surface area (TPSA) is 4.93 Å². The van der Waals surface area contributed by atoms with Crippen molar-refractivity contribution in [1.29, 1.82) is 0 Å². The predicted octanol–water partition coefficient (Wildman–Crippen LogP) is 8.88. The summed E-state index contributed by atoms with van der Waals surface area (Å²) in [6, 6.07) is 43.3. The Hall–Kier alpha value is -3.62. The van der Waals surface area contributed by atoms with E-state index in [2.05, 4.69) is 142 Å². The van der Waals surface area contributed by atoms with Gasteiger partial charge in [-0.1, -0.05) is 101 Å². The Balaban J connectivity index is 1.65. The van der Waals surface area contributed by atoms with Crippen LogP contribution in [0.25, 0.3) is 49.7 Å². The minimum atomic E-state index is 1.09. The van der Waals surface area contributed by atoms with Crippen molar-refractivity contribution in [3.05, 3.63) is 126 Å². The lowest BCUT2D eigenvalue weighted by Crippen LogP contribution is -1.96. The van der Waals surface area contributed by atoms with Crippen LogP contribution in [0.2, 0.25) is 0 Å². The maximum atomic E-state index is 3.56. The molecule has 0 unspecified atom stereocenters. The van der Waals surface area contributed by atoms with Gasteiger partial charge in [-0.25, -0.2) is 0 Å². The van der Waals surface area contributed by atoms with Crippen molar-refractivity contribution in [2.24, 2.45) is 0 Å². The van der Waals surface area contributed by atoms with Crippen LogP contribution in [0.1, 0.15) is 0 Å². The van der Waals surface area contributed by atoms with Gasteiger partial charge in [0.1, 0.15) is 0 Å². The van der Waals surface area contributed by atoms with Crippen LogP contribution in [0.4, 0.5) is 0 Å². The first-order chi connectivity index (χ1) is 15.8. The standard InChI is InChI=1S/C30H20BrN/c31-23-16-14-22(15-17-23)25-19-18-24(20-28(25)21-8-2-1-3-9-21)32-29-12-6-4-10-26(29)27-11-5-7-13-30(27)32/h1-20H. The molecule has 2 heteroatoms. The molecule has 5 aromatic carbocycles. The summed E-state index contributed by atoms with van der Waals surface area (Å²) in [7, 11) is 0. The number of halogens is 1. The van der Waals surface area contributed by atoms with Crippen molar-refractivity contribution in [3.8, 4) is 27.9 Å². The molecule has 0 radical (unpaired) electrons. The van der Waals surface area contributed by atoms with Crippen molar-refractivity contribution in [3.63, 3.8) is 0 Å². The molecule has 32 heavy (non-hydrogen) atoms. The molecule has 6 rings (SSSR count). The van der Waals surface area contributed by atoms with Gasteiger partial charge in [0, 0.05) is 20.9 Å². The third-order valence-electron chi connectivity index (χ3n) is 6.08. The molecule has 1 heterocycles. The minimum Gasteiger partial charge on any atom is -0.309 e. The molecule has 0 amide bonds. The summed E-state index contributed by atoms with van der Waals surface area (Å²) in [6.07, 6.45) is 0. The summed E-state index contributed by atoms with van der Waals surface area (Å²) in [6.45, 7) is 0. The normalized spacial score (nSPS) is 11.3. The monoisotopic (exact) mass is 473 g/mol. The molecule has 0 aliphatic heterocycles. The zero-order valence-corrected chi connectivity index (χ0v) is 19.0. The van der Waals surface area contributed by atoms with Gasteiger partial charge in [0.05, 0.1) is 11.0 Å². The van der Waals surface area contributed by atoms with E-state index in [0.29, 0.717) is 0 Å². The minimum absolute atomic E-state index is 1.09. The lowest BCUT2D eigenvalue weighted by atomic mass is 9.94. The van der Waals surface area contributed by atoms with E-state index in [1.807, 2.05) is 0 Å². The lowest BCUT2D eigenvalue weighted by molar-refractivity contribution is 1.18. The Morgan fingerprint density at radius 1 is 0.469 bits per heavy atom. The van der Waals surface area contributed by atoms with Crippen LogP contribution in [0, 0.1) is 0 Å². The largest absolute Gasteiger partial charge is 0.309 e. The molecule has 152 valence electrons. The highest BCUT2D eigenvalue weighted by Gasteiger charge is 2.14. The van der Waals surface area contributed by atoms with E-state index in [-0.39, 0.29) is 0 Å². The van der Waals surface area contributed by atoms with E-state index in [0.717, 1.165) is 4.47 Å². The Kier molecular flexibility index (Phi) is 4.66. The number of benzene rings is 5. The van der Waals surface area contributed by atoms with Crippen LogP contribution in [0.5, 0.6) is 0 Å². The molecule has 0 spiro atoms. The number of hydrogen-bond donors (Lipinski definition) is 0. The fourth-order valence-electron chi connectivity index (χ4n) is 4.61. The van der Waals surface area contributed by atoms with Crippen LogP contribution in [-0.4, -0.2) is 4.57 Å². The first-order valence-electron chi connectivity index (χ1n) is 10.7. The molecule has 0 bridgehead atoms. The van der Waals surface area contributed by atoms with Gasteiger partial charge in [-0.05, 0) is 58.7 Å². The maximum Gasteiger partial charge on any atom is 0.0541 e. The third-order valence-corrected chi connectivity index (χ3v) is 6.61. The Bertz CT molecular complexity index is 1510. The first kappa shape index (κ1) is 19.1. The van der Waals surface area contributed by atoms with Gasteiger partial charge in [-0.3, -0.25) is 0 Å². The fourth-order valence-corrected chi connectivity index (χ4v) is 4.87. The van der Waals surface area contributed by atoms with Gasteiger partial charge in [0.25, 0.3) is 0 Å². The number of aromatic nitrogens is 1. The van der Waals surface area contributed by atoms with E-state index < -0.39 is 0 Å². The van der Waals surface area contributed by atoms with Gasteiger partial charge in [0.15, 0.2) is 0 Å². The molecule has 0 fully saturated rings. The average Bonchev–Trinajstić information content (AvgIpc) is 3.19. The Morgan fingerprint density at radius 3 is 1.69 bits per heavy atom. The molecule has 0 aliphatic rings. The first-order valence-corrected chi connectivity index (χ1v) is 11.5. The lowest BCUT2D eigenvalue weighted by Gasteiger charge is -2.15. The Labute approximate surface area is 195 Å². The fraction of sp³-hybridized carbons (Fsp3) is 0. The van der Waals surface area contributed by atoms with Gasteiger partial charge in [0.2, 0.25) is 0 Å². The number of fused-ring (bicyclic) bond motifs is 3. The molecular weight excluding hydrogens is 454 g/mol. The maximum absolute atomic E-state index is 3.56. The van der Waals surface area contributed by atoms with Crippen LogP contribution in [-0.2, 0) is 0 Å². The van der Waals surface area contributed by atoms with E-state index in [1.54, 1.807) is 0 Å². The van der Waals surface area contributed by atoms with Gasteiger partial charge < -0.3 is 4.57 Å². The second-order valence-corrected chi connectivity index (χ2v) is 8.89. The molecule has 0 saturated heterocycles. The Morgan fingerprint density at radius 2 is 1.03 bits per heavy atom. The van der Waals surface area contributed by atoms with E-state index in [4.69, 9.17) is 0 Å². The highest BCUT2D eigenvalue weighted by molar-refractivity contribution is 9.10.